The predicted molar refractivity (Wildman–Crippen MR) is 68.2 cm³/mol. The maximum absolute atomic E-state index is 10.1. The highest BCUT2D eigenvalue weighted by atomic mass is 16.4. The number of benzene rings is 1. The zero-order chi connectivity index (χ0) is 14.3. The maximum atomic E-state index is 10.1. The van der Waals surface area contributed by atoms with Crippen LogP contribution in [-0.2, 0) is 4.79 Å². The van der Waals surface area contributed by atoms with Crippen molar-refractivity contribution >= 4 is 5.97 Å². The first-order valence-electron chi connectivity index (χ1n) is 6.01. The molecule has 0 heterocycles. The number of aliphatic carboxylic acids is 1. The Morgan fingerprint density at radius 3 is 1.89 bits per heavy atom. The average Bonchev–Trinajstić information content (AvgIpc) is 2.30. The van der Waals surface area contributed by atoms with Crippen molar-refractivity contribution in [2.24, 2.45) is 5.92 Å². The molecule has 4 nitrogen and oxygen atoms in total. The van der Waals surface area contributed by atoms with Gasteiger partial charge >= 0.3 is 0 Å². The first-order valence-corrected chi connectivity index (χ1v) is 6.01. The number of carboxylic acids is 1. The van der Waals surface area contributed by atoms with E-state index >= 15 is 0 Å². The fraction of sp³-hybridized carbons (Fsp3) is 0.500. The monoisotopic (exact) mass is 253 g/mol. The molecule has 18 heavy (non-hydrogen) atoms. The molecule has 0 aromatic heterocycles. The Bertz CT molecular complexity index is 359. The number of quaternary nitrogens is 1. The van der Waals surface area contributed by atoms with Gasteiger partial charge in [-0.05, 0) is 19.8 Å². The van der Waals surface area contributed by atoms with Crippen molar-refractivity contribution in [2.75, 3.05) is 0 Å². The lowest BCUT2D eigenvalue weighted by molar-refractivity contribution is -0.420. The van der Waals surface area contributed by atoms with Gasteiger partial charge in [0.1, 0.15) is 11.6 Å². The van der Waals surface area contributed by atoms with Crippen LogP contribution in [-0.4, -0.2) is 16.7 Å². The Morgan fingerprint density at radius 2 is 1.72 bits per heavy atom. The minimum Gasteiger partial charge on any atom is -0.547 e. The molecule has 0 unspecified atom stereocenters. The van der Waals surface area contributed by atoms with Crippen LogP contribution in [0.3, 0.4) is 0 Å². The molecule has 1 aromatic carbocycles. The Hall–Kier alpha value is -1.39. The molecule has 0 bridgehead atoms. The van der Waals surface area contributed by atoms with E-state index in [-0.39, 0.29) is 5.92 Å². The van der Waals surface area contributed by atoms with Crippen LogP contribution in [0.4, 0.5) is 0 Å². The summed E-state index contributed by atoms with van der Waals surface area (Å²) >= 11 is 0. The van der Waals surface area contributed by atoms with E-state index in [2.05, 4.69) is 24.8 Å². The molecular formula is C14H23NO3. The lowest BCUT2D eigenvalue weighted by Crippen LogP contribution is -2.51. The molecule has 0 aliphatic carbocycles. The molecule has 4 N–H and O–H groups in total. The highest BCUT2D eigenvalue weighted by molar-refractivity contribution is 5.74. The van der Waals surface area contributed by atoms with Crippen molar-refractivity contribution in [1.82, 2.24) is 0 Å². The summed E-state index contributed by atoms with van der Waals surface area (Å²) < 4.78 is 0. The topological polar surface area (TPSA) is 88.0 Å². The van der Waals surface area contributed by atoms with Crippen LogP contribution in [0, 0.1) is 5.92 Å². The normalized spacial score (nSPS) is 15.3. The van der Waals surface area contributed by atoms with Crippen LogP contribution in [0.5, 0.6) is 0 Å². The molecule has 1 aromatic rings. The van der Waals surface area contributed by atoms with Crippen molar-refractivity contribution in [3.05, 3.63) is 35.9 Å². The minimum atomic E-state index is -1.69. The number of carbonyl (C=O) groups excluding carboxylic acids is 1. The summed E-state index contributed by atoms with van der Waals surface area (Å²) in [6, 6.07) is 10.7. The Kier molecular flexibility index (Phi) is 6.58. The van der Waals surface area contributed by atoms with Crippen LogP contribution in [0.25, 0.3) is 0 Å². The molecule has 1 rings (SSSR count). The van der Waals surface area contributed by atoms with E-state index in [0.717, 1.165) is 0 Å². The summed E-state index contributed by atoms with van der Waals surface area (Å²) in [5, 5.41) is 19.1. The van der Waals surface area contributed by atoms with E-state index in [1.54, 1.807) is 13.8 Å². The van der Waals surface area contributed by atoms with Crippen molar-refractivity contribution in [3.63, 3.8) is 0 Å². The van der Waals surface area contributed by atoms with Crippen molar-refractivity contribution < 1.29 is 20.7 Å². The number of carboxylic acid groups (broad SMARTS) is 1. The lowest BCUT2D eigenvalue weighted by Gasteiger charge is -2.28. The molecule has 0 radical (unpaired) electrons. The molecule has 0 aliphatic heterocycles. The second kappa shape index (κ2) is 7.13. The van der Waals surface area contributed by atoms with E-state index < -0.39 is 11.6 Å². The molecule has 0 fully saturated rings. The van der Waals surface area contributed by atoms with Gasteiger partial charge in [0, 0.05) is 5.56 Å². The van der Waals surface area contributed by atoms with Crippen molar-refractivity contribution in [2.45, 2.75) is 39.3 Å². The zero-order valence-corrected chi connectivity index (χ0v) is 11.5. The fourth-order valence-corrected chi connectivity index (χ4v) is 1.02. The van der Waals surface area contributed by atoms with E-state index in [1.165, 1.54) is 12.5 Å². The van der Waals surface area contributed by atoms with E-state index in [1.807, 2.05) is 18.2 Å². The Labute approximate surface area is 108 Å². The summed E-state index contributed by atoms with van der Waals surface area (Å²) in [7, 11) is 0. The predicted octanol–water partition coefficient (Wildman–Crippen LogP) is 0.133. The van der Waals surface area contributed by atoms with E-state index in [9.17, 15) is 9.90 Å². The van der Waals surface area contributed by atoms with Gasteiger partial charge < -0.3 is 20.7 Å². The van der Waals surface area contributed by atoms with Crippen LogP contribution in [0.2, 0.25) is 0 Å². The number of hydrogen-bond acceptors (Lipinski definition) is 3. The van der Waals surface area contributed by atoms with Gasteiger partial charge in [-0.15, -0.1) is 0 Å². The molecule has 0 amide bonds. The van der Waals surface area contributed by atoms with Crippen LogP contribution in [0.15, 0.2) is 30.3 Å². The smallest absolute Gasteiger partial charge is 0.107 e. The quantitative estimate of drug-likeness (QED) is 0.802. The summed E-state index contributed by atoms with van der Waals surface area (Å²) in [4.78, 5) is 10.1. The molecule has 4 heteroatoms. The van der Waals surface area contributed by atoms with Gasteiger partial charge in [0.05, 0.1) is 5.97 Å². The van der Waals surface area contributed by atoms with Crippen LogP contribution < -0.4 is 10.8 Å². The van der Waals surface area contributed by atoms with Gasteiger partial charge in [0.15, 0.2) is 0 Å². The number of aliphatic hydroxyl groups is 1. The highest BCUT2D eigenvalue weighted by Gasteiger charge is 2.25. The third kappa shape index (κ3) is 5.29. The summed E-state index contributed by atoms with van der Waals surface area (Å²) in [6.07, 6.45) is 0. The molecule has 0 saturated heterocycles. The minimum absolute atomic E-state index is 0.317. The van der Waals surface area contributed by atoms with E-state index in [4.69, 9.17) is 5.11 Å². The SMILES string of the molecule is CC(C)[C@@](C)(O)C(=O)[O-].C[C@@H]([NH3+])c1ccccc1. The van der Waals surface area contributed by atoms with Gasteiger partial charge in [-0.2, -0.15) is 0 Å². The van der Waals surface area contributed by atoms with Gasteiger partial charge in [-0.25, -0.2) is 0 Å². The van der Waals surface area contributed by atoms with E-state index in [0.29, 0.717) is 6.04 Å². The van der Waals surface area contributed by atoms with Crippen molar-refractivity contribution in [3.8, 4) is 0 Å². The maximum Gasteiger partial charge on any atom is 0.107 e. The first-order chi connectivity index (χ1) is 8.19. The van der Waals surface area contributed by atoms with Crippen LogP contribution in [0.1, 0.15) is 39.3 Å². The third-order valence-electron chi connectivity index (χ3n) is 2.91. The summed E-state index contributed by atoms with van der Waals surface area (Å²) in [6.45, 7) is 6.56. The highest BCUT2D eigenvalue weighted by Crippen LogP contribution is 2.13. The largest absolute Gasteiger partial charge is 0.547 e. The number of rotatable bonds is 3. The van der Waals surface area contributed by atoms with Gasteiger partial charge in [-0.3, -0.25) is 0 Å². The lowest BCUT2D eigenvalue weighted by atomic mass is 9.93. The van der Waals surface area contributed by atoms with Crippen molar-refractivity contribution in [1.29, 1.82) is 0 Å². The molecule has 0 spiro atoms. The second-order valence-corrected chi connectivity index (χ2v) is 4.90. The third-order valence-corrected chi connectivity index (χ3v) is 2.91. The van der Waals surface area contributed by atoms with Crippen LogP contribution >= 0.6 is 0 Å². The molecule has 0 aliphatic rings. The van der Waals surface area contributed by atoms with Gasteiger partial charge in [-0.1, -0.05) is 44.2 Å². The summed E-state index contributed by atoms with van der Waals surface area (Å²) in [5.74, 6) is -1.74. The Morgan fingerprint density at radius 1 is 1.28 bits per heavy atom. The molecule has 2 atom stereocenters. The fourth-order valence-electron chi connectivity index (χ4n) is 1.02. The zero-order valence-electron chi connectivity index (χ0n) is 11.5. The summed E-state index contributed by atoms with van der Waals surface area (Å²) in [5.41, 5.74) is 3.52. The van der Waals surface area contributed by atoms with Gasteiger partial charge in [0.25, 0.3) is 0 Å². The Balaban J connectivity index is 0.000000321. The second-order valence-electron chi connectivity index (χ2n) is 4.90. The molecule has 0 saturated carbocycles. The number of hydrogen-bond donors (Lipinski definition) is 2. The first kappa shape index (κ1) is 16.6. The number of carbonyl (C=O) groups is 1. The molecule has 102 valence electrons. The standard InChI is InChI=1S/C8H11N.C6H12O3/c1-7(9)8-5-3-2-4-6-8;1-4(2)6(3,9)5(7)8/h2-7H,9H2,1H3;4,9H,1-3H3,(H,7,8)/t7-;6-/m11/s1. The molecular weight excluding hydrogens is 230 g/mol. The average molecular weight is 253 g/mol. The van der Waals surface area contributed by atoms with Gasteiger partial charge in [0.2, 0.25) is 0 Å².